The number of benzene rings is 1. The molecular formula is C26H26ClF4N7. The minimum atomic E-state index is -4.14. The minimum Gasteiger partial charge on any atom is -0.340 e. The van der Waals surface area contributed by atoms with Crippen LogP contribution >= 0.6 is 11.6 Å². The lowest BCUT2D eigenvalue weighted by molar-refractivity contribution is -0.207. The molecule has 0 unspecified atom stereocenters. The molecule has 4 heterocycles. The van der Waals surface area contributed by atoms with Crippen molar-refractivity contribution in [3.8, 4) is 5.69 Å². The van der Waals surface area contributed by atoms with Gasteiger partial charge >= 0.3 is 6.18 Å². The lowest BCUT2D eigenvalue weighted by Gasteiger charge is -2.58. The monoisotopic (exact) mass is 547 g/mol. The summed E-state index contributed by atoms with van der Waals surface area (Å²) in [7, 11) is 0. The Hall–Kier alpha value is -2.79. The number of fused-ring (bicyclic) bond motifs is 3. The Bertz CT molecular complexity index is 1400. The first-order valence-corrected chi connectivity index (χ1v) is 13.2. The molecule has 2 aliphatic carbocycles. The quantitative estimate of drug-likeness (QED) is 0.420. The lowest BCUT2D eigenvalue weighted by Crippen LogP contribution is -2.62. The summed E-state index contributed by atoms with van der Waals surface area (Å²) in [6.45, 7) is 4.24. The number of rotatable bonds is 3. The molecule has 2 aliphatic heterocycles. The summed E-state index contributed by atoms with van der Waals surface area (Å²) in [5.74, 6) is 0.790. The number of halogens is 5. The van der Waals surface area contributed by atoms with Crippen molar-refractivity contribution in [2.24, 2.45) is 11.3 Å². The second-order valence-corrected chi connectivity index (χ2v) is 11.9. The predicted octanol–water partition coefficient (Wildman–Crippen LogP) is 5.20. The molecule has 2 saturated carbocycles. The Balaban J connectivity index is 1.10. The fourth-order valence-corrected chi connectivity index (χ4v) is 6.84. The van der Waals surface area contributed by atoms with Gasteiger partial charge in [-0.1, -0.05) is 11.6 Å². The molecule has 0 radical (unpaired) electrons. The van der Waals surface area contributed by atoms with E-state index in [-0.39, 0.29) is 30.2 Å². The van der Waals surface area contributed by atoms with Crippen LogP contribution in [0.4, 0.5) is 23.5 Å². The molecule has 1 saturated heterocycles. The Kier molecular flexibility index (Phi) is 5.33. The number of hydrogen-bond donors (Lipinski definition) is 0. The molecule has 3 aromatic rings. The van der Waals surface area contributed by atoms with Gasteiger partial charge in [0.1, 0.15) is 5.82 Å². The first-order chi connectivity index (χ1) is 18.1. The number of nitrogens with zero attached hydrogens (tertiary/aromatic N) is 7. The van der Waals surface area contributed by atoms with Gasteiger partial charge in [-0.05, 0) is 56.4 Å². The molecule has 7 nitrogen and oxygen atoms in total. The highest BCUT2D eigenvalue weighted by atomic mass is 35.5. The van der Waals surface area contributed by atoms with Crippen LogP contribution in [0.15, 0.2) is 24.4 Å². The van der Waals surface area contributed by atoms with E-state index >= 15 is 0 Å². The van der Waals surface area contributed by atoms with Gasteiger partial charge in [0.05, 0.1) is 30.0 Å². The molecule has 3 fully saturated rings. The number of aryl methyl sites for hydroxylation is 1. The van der Waals surface area contributed by atoms with E-state index in [2.05, 4.69) is 34.5 Å². The molecule has 7 rings (SSSR count). The van der Waals surface area contributed by atoms with Gasteiger partial charge < -0.3 is 4.90 Å². The molecule has 0 N–H and O–H groups in total. The van der Waals surface area contributed by atoms with Gasteiger partial charge in [-0.15, -0.1) is 10.2 Å². The summed E-state index contributed by atoms with van der Waals surface area (Å²) >= 11 is 6.33. The zero-order valence-corrected chi connectivity index (χ0v) is 21.5. The second-order valence-electron chi connectivity index (χ2n) is 11.4. The van der Waals surface area contributed by atoms with Crippen molar-refractivity contribution < 1.29 is 17.6 Å². The molecule has 0 atom stereocenters. The van der Waals surface area contributed by atoms with Crippen molar-refractivity contribution in [3.05, 3.63) is 58.1 Å². The summed E-state index contributed by atoms with van der Waals surface area (Å²) in [6, 6.07) is 5.55. The highest BCUT2D eigenvalue weighted by molar-refractivity contribution is 6.30. The topological polar surface area (TPSA) is 63.0 Å². The number of aromatic nitrogens is 5. The highest BCUT2D eigenvalue weighted by Gasteiger charge is 2.55. The Labute approximate surface area is 221 Å². The fourth-order valence-electron chi connectivity index (χ4n) is 6.65. The third-order valence-electron chi connectivity index (χ3n) is 8.81. The standard InChI is InChI=1S/C26H26ClF4N7/c1-14-20(28)9-32-24(33-14)37-12-25(13-37)7-16(8-25)23-35-34-22-11-36(19-5-17(6-19)26(29,30)31)10-15-4-18(27)2-3-21(15)38(22)23/h2-4,9,16-17,19H,5-8,10-13H2,1H3. The first kappa shape index (κ1) is 24.3. The molecule has 4 aliphatic rings. The Morgan fingerprint density at radius 2 is 1.84 bits per heavy atom. The smallest absolute Gasteiger partial charge is 0.340 e. The predicted molar refractivity (Wildman–Crippen MR) is 132 cm³/mol. The number of alkyl halides is 3. The van der Waals surface area contributed by atoms with E-state index in [0.29, 0.717) is 29.8 Å². The lowest BCUT2D eigenvalue weighted by atomic mass is 9.57. The summed E-state index contributed by atoms with van der Waals surface area (Å²) in [6.07, 6.45) is -0.805. The zero-order chi connectivity index (χ0) is 26.4. The van der Waals surface area contributed by atoms with Crippen LogP contribution in [-0.4, -0.2) is 54.9 Å². The third-order valence-corrected chi connectivity index (χ3v) is 9.05. The summed E-state index contributed by atoms with van der Waals surface area (Å²) in [5, 5.41) is 9.71. The largest absolute Gasteiger partial charge is 0.391 e. The van der Waals surface area contributed by atoms with Crippen molar-refractivity contribution in [3.63, 3.8) is 0 Å². The first-order valence-electron chi connectivity index (χ1n) is 12.9. The molecule has 1 aromatic carbocycles. The molecule has 38 heavy (non-hydrogen) atoms. The SMILES string of the molecule is Cc1nc(N2CC3(CC(c4nnc5n4-c4ccc(Cl)cc4CN(C4CC(C(F)(F)F)C4)C5)C3)C2)ncc1F. The number of anilines is 1. The van der Waals surface area contributed by atoms with E-state index in [1.807, 2.05) is 18.2 Å². The van der Waals surface area contributed by atoms with Crippen molar-refractivity contribution in [2.45, 2.75) is 63.8 Å². The van der Waals surface area contributed by atoms with E-state index in [9.17, 15) is 17.6 Å². The molecule has 2 aromatic heterocycles. The van der Waals surface area contributed by atoms with E-state index in [0.717, 1.165) is 48.8 Å². The van der Waals surface area contributed by atoms with Gasteiger partial charge in [0.25, 0.3) is 0 Å². The van der Waals surface area contributed by atoms with Gasteiger partial charge in [-0.25, -0.2) is 14.4 Å². The van der Waals surface area contributed by atoms with Crippen molar-refractivity contribution >= 4 is 17.5 Å². The maximum absolute atomic E-state index is 13.6. The molecule has 200 valence electrons. The van der Waals surface area contributed by atoms with Crippen LogP contribution < -0.4 is 4.90 Å². The average molecular weight is 548 g/mol. The van der Waals surface area contributed by atoms with Crippen molar-refractivity contribution in [1.29, 1.82) is 0 Å². The van der Waals surface area contributed by atoms with Crippen molar-refractivity contribution in [1.82, 2.24) is 29.6 Å². The van der Waals surface area contributed by atoms with Crippen LogP contribution in [0.3, 0.4) is 0 Å². The second kappa shape index (κ2) is 8.35. The van der Waals surface area contributed by atoms with E-state index in [4.69, 9.17) is 11.6 Å². The normalized spacial score (nSPS) is 24.7. The van der Waals surface area contributed by atoms with Crippen LogP contribution in [0.1, 0.15) is 54.5 Å². The van der Waals surface area contributed by atoms with Gasteiger partial charge in [0.15, 0.2) is 11.6 Å². The van der Waals surface area contributed by atoms with Crippen LogP contribution in [-0.2, 0) is 13.1 Å². The Morgan fingerprint density at radius 1 is 1.08 bits per heavy atom. The van der Waals surface area contributed by atoms with Gasteiger partial charge in [0, 0.05) is 42.0 Å². The van der Waals surface area contributed by atoms with E-state index in [1.165, 1.54) is 6.20 Å². The summed E-state index contributed by atoms with van der Waals surface area (Å²) in [5.41, 5.74) is 2.42. The van der Waals surface area contributed by atoms with E-state index in [1.54, 1.807) is 6.92 Å². The fraction of sp³-hybridized carbons (Fsp3) is 0.538. The molecule has 0 bridgehead atoms. The van der Waals surface area contributed by atoms with Crippen LogP contribution in [0.5, 0.6) is 0 Å². The van der Waals surface area contributed by atoms with Gasteiger partial charge in [-0.2, -0.15) is 13.2 Å². The summed E-state index contributed by atoms with van der Waals surface area (Å²) in [4.78, 5) is 12.6. The molecule has 0 amide bonds. The zero-order valence-electron chi connectivity index (χ0n) is 20.7. The van der Waals surface area contributed by atoms with Crippen LogP contribution in [0, 0.1) is 24.1 Å². The maximum Gasteiger partial charge on any atom is 0.391 e. The minimum absolute atomic E-state index is 0.110. The third kappa shape index (κ3) is 3.88. The van der Waals surface area contributed by atoms with Crippen molar-refractivity contribution in [2.75, 3.05) is 18.0 Å². The van der Waals surface area contributed by atoms with Gasteiger partial charge in [0.2, 0.25) is 5.95 Å². The molecule has 1 spiro atoms. The summed E-state index contributed by atoms with van der Waals surface area (Å²) < 4.78 is 55.1. The van der Waals surface area contributed by atoms with Crippen LogP contribution in [0.25, 0.3) is 5.69 Å². The average Bonchev–Trinajstić information content (AvgIpc) is 3.08. The Morgan fingerprint density at radius 3 is 2.55 bits per heavy atom. The van der Waals surface area contributed by atoms with Crippen LogP contribution in [0.2, 0.25) is 5.02 Å². The maximum atomic E-state index is 13.6. The molecular weight excluding hydrogens is 522 g/mol. The van der Waals surface area contributed by atoms with Gasteiger partial charge in [-0.3, -0.25) is 9.47 Å². The molecule has 12 heteroatoms. The highest BCUT2D eigenvalue weighted by Crippen LogP contribution is 2.56. The number of hydrogen-bond acceptors (Lipinski definition) is 6. The van der Waals surface area contributed by atoms with E-state index < -0.39 is 17.9 Å².